The highest BCUT2D eigenvalue weighted by atomic mass is 19.1. The van der Waals surface area contributed by atoms with Gasteiger partial charge in [0, 0.05) is 24.2 Å². The van der Waals surface area contributed by atoms with Crippen LogP contribution in [0.2, 0.25) is 0 Å². The fourth-order valence-electron chi connectivity index (χ4n) is 1.72. The monoisotopic (exact) mass is 279 g/mol. The molecule has 0 aliphatic rings. The molecule has 2 rings (SSSR count). The van der Waals surface area contributed by atoms with Crippen molar-refractivity contribution in [2.45, 2.75) is 19.4 Å². The van der Waals surface area contributed by atoms with Crippen LogP contribution >= 0.6 is 0 Å². The zero-order valence-electron chi connectivity index (χ0n) is 10.9. The van der Waals surface area contributed by atoms with Crippen LogP contribution < -0.4 is 4.74 Å². The molecule has 20 heavy (non-hydrogen) atoms. The predicted molar refractivity (Wildman–Crippen MR) is 68.0 cm³/mol. The predicted octanol–water partition coefficient (Wildman–Crippen LogP) is 1.49. The lowest BCUT2D eigenvalue weighted by molar-refractivity contribution is -0.136. The molecule has 6 nitrogen and oxygen atoms in total. The molecule has 7 heteroatoms. The van der Waals surface area contributed by atoms with Gasteiger partial charge in [0.05, 0.1) is 25.8 Å². The first kappa shape index (κ1) is 14.0. The summed E-state index contributed by atoms with van der Waals surface area (Å²) in [5.74, 6) is -0.820. The zero-order valence-corrected chi connectivity index (χ0v) is 10.9. The van der Waals surface area contributed by atoms with Gasteiger partial charge in [-0.05, 0) is 6.07 Å². The average molecular weight is 279 g/mol. The molecule has 1 aromatic carbocycles. The van der Waals surface area contributed by atoms with Crippen molar-refractivity contribution >= 4 is 5.97 Å². The molecule has 0 spiro atoms. The number of aryl methyl sites for hydroxylation is 1. The number of aromatic nitrogens is 3. The number of hydrogen-bond donors (Lipinski definition) is 1. The third-order valence-corrected chi connectivity index (χ3v) is 2.77. The molecule has 1 aromatic heterocycles. The molecule has 0 saturated carbocycles. The number of aliphatic carboxylic acids is 1. The van der Waals surface area contributed by atoms with Gasteiger partial charge in [0.15, 0.2) is 0 Å². The third-order valence-electron chi connectivity index (χ3n) is 2.77. The summed E-state index contributed by atoms with van der Waals surface area (Å²) in [6, 6.07) is 4.59. The molecular weight excluding hydrogens is 265 g/mol. The largest absolute Gasteiger partial charge is 0.497 e. The van der Waals surface area contributed by atoms with Crippen molar-refractivity contribution in [3.63, 3.8) is 0 Å². The molecule has 1 N–H and O–H groups in total. The van der Waals surface area contributed by atoms with E-state index in [1.807, 2.05) is 0 Å². The first-order valence-corrected chi connectivity index (χ1v) is 6.01. The number of halogens is 1. The lowest BCUT2D eigenvalue weighted by Crippen LogP contribution is -2.03. The Bertz CT molecular complexity index is 613. The summed E-state index contributed by atoms with van der Waals surface area (Å²) in [6.07, 6.45) is 1.92. The highest BCUT2D eigenvalue weighted by molar-refractivity contribution is 5.66. The molecule has 0 radical (unpaired) electrons. The van der Waals surface area contributed by atoms with Crippen LogP contribution in [0.3, 0.4) is 0 Å². The Morgan fingerprint density at radius 1 is 1.50 bits per heavy atom. The number of hydrogen-bond acceptors (Lipinski definition) is 4. The molecule has 2 aromatic rings. The van der Waals surface area contributed by atoms with E-state index in [-0.39, 0.29) is 18.8 Å². The molecule has 0 unspecified atom stereocenters. The van der Waals surface area contributed by atoms with Crippen LogP contribution in [0.25, 0.3) is 0 Å². The van der Waals surface area contributed by atoms with Crippen LogP contribution in [0.1, 0.15) is 17.7 Å². The van der Waals surface area contributed by atoms with Crippen LogP contribution in [-0.4, -0.2) is 33.2 Å². The van der Waals surface area contributed by atoms with Gasteiger partial charge in [-0.25, -0.2) is 9.07 Å². The van der Waals surface area contributed by atoms with Crippen LogP contribution in [0.15, 0.2) is 24.4 Å². The minimum absolute atomic E-state index is 0.00437. The number of carbonyl (C=O) groups is 1. The van der Waals surface area contributed by atoms with E-state index < -0.39 is 5.97 Å². The highest BCUT2D eigenvalue weighted by Gasteiger charge is 2.08. The smallest absolute Gasteiger partial charge is 0.303 e. The Balaban J connectivity index is 2.05. The highest BCUT2D eigenvalue weighted by Crippen LogP contribution is 2.17. The Morgan fingerprint density at radius 2 is 2.30 bits per heavy atom. The van der Waals surface area contributed by atoms with Gasteiger partial charge in [-0.3, -0.25) is 4.79 Å². The first-order chi connectivity index (χ1) is 9.58. The minimum atomic E-state index is -0.888. The van der Waals surface area contributed by atoms with E-state index in [1.165, 1.54) is 17.9 Å². The maximum absolute atomic E-state index is 13.8. The summed E-state index contributed by atoms with van der Waals surface area (Å²) in [4.78, 5) is 10.5. The number of methoxy groups -OCH3 is 1. The second-order valence-electron chi connectivity index (χ2n) is 4.26. The molecule has 0 aliphatic heterocycles. The minimum Gasteiger partial charge on any atom is -0.497 e. The summed E-state index contributed by atoms with van der Waals surface area (Å²) in [5, 5.41) is 16.3. The van der Waals surface area contributed by atoms with Gasteiger partial charge in [0.1, 0.15) is 11.6 Å². The summed E-state index contributed by atoms with van der Waals surface area (Å²) in [5.41, 5.74) is 1.03. The van der Waals surface area contributed by atoms with Crippen LogP contribution in [-0.2, 0) is 17.8 Å². The van der Waals surface area contributed by atoms with Crippen molar-refractivity contribution < 1.29 is 19.0 Å². The maximum Gasteiger partial charge on any atom is 0.303 e. The van der Waals surface area contributed by atoms with Gasteiger partial charge in [0.25, 0.3) is 0 Å². The van der Waals surface area contributed by atoms with E-state index in [1.54, 1.807) is 18.3 Å². The topological polar surface area (TPSA) is 77.2 Å². The van der Waals surface area contributed by atoms with E-state index in [0.29, 0.717) is 23.4 Å². The standard InChI is InChI=1S/C13H14FN3O3/c1-20-11-4-2-9(12(14)6-11)7-17-8-10(15-16-17)3-5-13(18)19/h2,4,6,8H,3,5,7H2,1H3,(H,18,19). The molecule has 0 aliphatic carbocycles. The molecule has 0 amide bonds. The van der Waals surface area contributed by atoms with E-state index in [0.717, 1.165) is 0 Å². The van der Waals surface area contributed by atoms with Crippen molar-refractivity contribution in [2.24, 2.45) is 0 Å². The second kappa shape index (κ2) is 6.14. The fourth-order valence-corrected chi connectivity index (χ4v) is 1.72. The van der Waals surface area contributed by atoms with Crippen molar-refractivity contribution in [2.75, 3.05) is 7.11 Å². The first-order valence-electron chi connectivity index (χ1n) is 6.01. The average Bonchev–Trinajstić information content (AvgIpc) is 2.86. The van der Waals surface area contributed by atoms with Crippen molar-refractivity contribution in [3.05, 3.63) is 41.5 Å². The second-order valence-corrected chi connectivity index (χ2v) is 4.26. The van der Waals surface area contributed by atoms with Crippen LogP contribution in [0, 0.1) is 5.82 Å². The van der Waals surface area contributed by atoms with Crippen molar-refractivity contribution in [1.82, 2.24) is 15.0 Å². The molecule has 106 valence electrons. The molecule has 0 fully saturated rings. The van der Waals surface area contributed by atoms with Gasteiger partial charge in [0.2, 0.25) is 0 Å². The fraction of sp³-hybridized carbons (Fsp3) is 0.308. The summed E-state index contributed by atoms with van der Waals surface area (Å²) in [7, 11) is 1.47. The van der Waals surface area contributed by atoms with Gasteiger partial charge in [-0.2, -0.15) is 0 Å². The number of carboxylic acid groups (broad SMARTS) is 1. The molecular formula is C13H14FN3O3. The van der Waals surface area contributed by atoms with E-state index >= 15 is 0 Å². The lowest BCUT2D eigenvalue weighted by Gasteiger charge is -2.05. The van der Waals surface area contributed by atoms with E-state index in [2.05, 4.69) is 10.3 Å². The van der Waals surface area contributed by atoms with Gasteiger partial charge >= 0.3 is 5.97 Å². The van der Waals surface area contributed by atoms with Crippen molar-refractivity contribution in [3.8, 4) is 5.75 Å². The Kier molecular flexibility index (Phi) is 4.29. The number of nitrogens with zero attached hydrogens (tertiary/aromatic N) is 3. The Labute approximate surface area is 114 Å². The molecule has 0 atom stereocenters. The normalized spacial score (nSPS) is 10.5. The van der Waals surface area contributed by atoms with Gasteiger partial charge in [-0.1, -0.05) is 11.3 Å². The lowest BCUT2D eigenvalue weighted by atomic mass is 10.2. The van der Waals surface area contributed by atoms with E-state index in [4.69, 9.17) is 9.84 Å². The number of benzene rings is 1. The molecule has 1 heterocycles. The summed E-state index contributed by atoms with van der Waals surface area (Å²) < 4.78 is 20.2. The zero-order chi connectivity index (χ0) is 14.5. The quantitative estimate of drug-likeness (QED) is 0.867. The van der Waals surface area contributed by atoms with E-state index in [9.17, 15) is 9.18 Å². The number of ether oxygens (including phenoxy) is 1. The SMILES string of the molecule is COc1ccc(Cn2cc(CCC(=O)O)nn2)c(F)c1. The number of rotatable bonds is 6. The summed E-state index contributed by atoms with van der Waals surface area (Å²) in [6.45, 7) is 0.232. The molecule has 0 bridgehead atoms. The Morgan fingerprint density at radius 3 is 2.95 bits per heavy atom. The van der Waals surface area contributed by atoms with Crippen LogP contribution in [0.4, 0.5) is 4.39 Å². The maximum atomic E-state index is 13.8. The van der Waals surface area contributed by atoms with Gasteiger partial charge < -0.3 is 9.84 Å². The molecule has 0 saturated heterocycles. The van der Waals surface area contributed by atoms with Crippen LogP contribution in [0.5, 0.6) is 5.75 Å². The Hall–Kier alpha value is -2.44. The summed E-state index contributed by atoms with van der Waals surface area (Å²) >= 11 is 0. The van der Waals surface area contributed by atoms with Crippen molar-refractivity contribution in [1.29, 1.82) is 0 Å². The number of carboxylic acids is 1. The van der Waals surface area contributed by atoms with Gasteiger partial charge in [-0.15, -0.1) is 5.10 Å². The third kappa shape index (κ3) is 3.53.